The Hall–Kier alpha value is -0.930. The minimum absolute atomic E-state index is 0.0625. The lowest BCUT2D eigenvalue weighted by molar-refractivity contribution is 0.0720. The van der Waals surface area contributed by atoms with E-state index in [0.29, 0.717) is 6.54 Å². The molecule has 1 heterocycles. The van der Waals surface area contributed by atoms with Crippen LogP contribution in [-0.2, 0) is 6.54 Å². The van der Waals surface area contributed by atoms with E-state index in [0.717, 1.165) is 18.7 Å². The summed E-state index contributed by atoms with van der Waals surface area (Å²) in [5.74, 6) is -0.105. The predicted molar refractivity (Wildman–Crippen MR) is 73.0 cm³/mol. The van der Waals surface area contributed by atoms with Crippen LogP contribution in [0, 0.1) is 5.82 Å². The van der Waals surface area contributed by atoms with Crippen molar-refractivity contribution in [3.8, 4) is 0 Å². The molecule has 18 heavy (non-hydrogen) atoms. The molecule has 3 heteroatoms. The Morgan fingerprint density at radius 2 is 1.67 bits per heavy atom. The van der Waals surface area contributed by atoms with Crippen LogP contribution in [0.25, 0.3) is 0 Å². The molecule has 1 aliphatic heterocycles. The third kappa shape index (κ3) is 3.30. The molecule has 1 saturated heterocycles. The normalized spacial score (nSPS) is 22.9. The molecule has 0 spiro atoms. The summed E-state index contributed by atoms with van der Waals surface area (Å²) in [7, 11) is 0. The van der Waals surface area contributed by atoms with Gasteiger partial charge in [0.2, 0.25) is 0 Å². The van der Waals surface area contributed by atoms with Gasteiger partial charge in [-0.15, -0.1) is 0 Å². The number of piperazine rings is 1. The van der Waals surface area contributed by atoms with Crippen molar-refractivity contribution in [2.24, 2.45) is 0 Å². The van der Waals surface area contributed by atoms with Gasteiger partial charge in [-0.2, -0.15) is 0 Å². The molecule has 0 aromatic heterocycles. The van der Waals surface area contributed by atoms with Crippen molar-refractivity contribution in [1.29, 1.82) is 0 Å². The average Bonchev–Trinajstić information content (AvgIpc) is 2.16. The number of nitrogens with zero attached hydrogens (tertiary/aromatic N) is 1. The zero-order valence-electron chi connectivity index (χ0n) is 11.8. The van der Waals surface area contributed by atoms with Crippen molar-refractivity contribution in [3.05, 3.63) is 35.6 Å². The van der Waals surface area contributed by atoms with E-state index in [-0.39, 0.29) is 16.9 Å². The Labute approximate surface area is 109 Å². The molecule has 2 rings (SSSR count). The molecule has 1 N–H and O–H groups in total. The second-order valence-electron chi connectivity index (χ2n) is 6.63. The van der Waals surface area contributed by atoms with Crippen molar-refractivity contribution in [3.63, 3.8) is 0 Å². The Bertz CT molecular complexity index is 410. The summed E-state index contributed by atoms with van der Waals surface area (Å²) in [4.78, 5) is 2.33. The molecule has 0 radical (unpaired) electrons. The number of hydrogen-bond donors (Lipinski definition) is 1. The predicted octanol–water partition coefficient (Wildman–Crippen LogP) is 2.79. The average molecular weight is 250 g/mol. The van der Waals surface area contributed by atoms with E-state index >= 15 is 0 Å². The van der Waals surface area contributed by atoms with Gasteiger partial charge in [0.15, 0.2) is 0 Å². The first-order valence-corrected chi connectivity index (χ1v) is 6.53. The summed E-state index contributed by atoms with van der Waals surface area (Å²) < 4.78 is 13.7. The summed E-state index contributed by atoms with van der Waals surface area (Å²) in [6, 6.07) is 7.05. The second-order valence-corrected chi connectivity index (χ2v) is 6.63. The van der Waals surface area contributed by atoms with Crippen molar-refractivity contribution in [1.82, 2.24) is 10.2 Å². The summed E-state index contributed by atoms with van der Waals surface area (Å²) >= 11 is 0. The first-order chi connectivity index (χ1) is 8.27. The highest BCUT2D eigenvalue weighted by atomic mass is 19.1. The number of nitrogens with one attached hydrogen (secondary N) is 1. The number of rotatable bonds is 2. The zero-order chi connectivity index (χ0) is 13.4. The van der Waals surface area contributed by atoms with Crippen LogP contribution in [0.2, 0.25) is 0 Å². The molecule has 0 aliphatic carbocycles. The molecule has 1 fully saturated rings. The van der Waals surface area contributed by atoms with Crippen LogP contribution in [0.3, 0.4) is 0 Å². The van der Waals surface area contributed by atoms with Gasteiger partial charge in [-0.1, -0.05) is 18.2 Å². The molecule has 0 saturated carbocycles. The third-order valence-electron chi connectivity index (χ3n) is 3.27. The monoisotopic (exact) mass is 250 g/mol. The highest BCUT2D eigenvalue weighted by Gasteiger charge is 2.36. The molecule has 0 amide bonds. The molecule has 1 aliphatic rings. The quantitative estimate of drug-likeness (QED) is 0.868. The number of benzene rings is 1. The lowest BCUT2D eigenvalue weighted by Crippen LogP contribution is -2.66. The molecule has 0 atom stereocenters. The van der Waals surface area contributed by atoms with Crippen LogP contribution < -0.4 is 5.32 Å². The Kier molecular flexibility index (Phi) is 3.47. The van der Waals surface area contributed by atoms with E-state index in [1.807, 2.05) is 12.1 Å². The first-order valence-electron chi connectivity index (χ1n) is 6.53. The fraction of sp³-hybridized carbons (Fsp3) is 0.600. The molecule has 1 aromatic rings. The summed E-state index contributed by atoms with van der Waals surface area (Å²) in [6.45, 7) is 11.3. The number of hydrogen-bond acceptors (Lipinski definition) is 2. The Balaban J connectivity index is 2.12. The first kappa shape index (κ1) is 13.5. The van der Waals surface area contributed by atoms with Crippen LogP contribution in [0.4, 0.5) is 4.39 Å². The number of halogens is 1. The van der Waals surface area contributed by atoms with Crippen LogP contribution in [0.15, 0.2) is 24.3 Å². The van der Waals surface area contributed by atoms with Gasteiger partial charge < -0.3 is 5.32 Å². The SMILES string of the molecule is CC1(C)CN(Cc2ccccc2F)CC(C)(C)N1. The summed E-state index contributed by atoms with van der Waals surface area (Å²) in [5.41, 5.74) is 0.908. The van der Waals surface area contributed by atoms with Crippen LogP contribution in [-0.4, -0.2) is 29.1 Å². The summed E-state index contributed by atoms with van der Waals surface area (Å²) in [5, 5.41) is 3.63. The fourth-order valence-corrected chi connectivity index (χ4v) is 3.15. The van der Waals surface area contributed by atoms with Gasteiger partial charge in [-0.05, 0) is 33.8 Å². The fourth-order valence-electron chi connectivity index (χ4n) is 3.15. The van der Waals surface area contributed by atoms with Crippen molar-refractivity contribution in [2.45, 2.75) is 45.3 Å². The van der Waals surface area contributed by atoms with Crippen LogP contribution in [0.1, 0.15) is 33.3 Å². The summed E-state index contributed by atoms with van der Waals surface area (Å²) in [6.07, 6.45) is 0. The van der Waals surface area contributed by atoms with E-state index in [1.54, 1.807) is 6.07 Å². The Morgan fingerprint density at radius 3 is 2.22 bits per heavy atom. The topological polar surface area (TPSA) is 15.3 Å². The highest BCUT2D eigenvalue weighted by molar-refractivity contribution is 5.17. The maximum absolute atomic E-state index is 13.7. The van der Waals surface area contributed by atoms with Gasteiger partial charge in [-0.3, -0.25) is 4.90 Å². The molecule has 0 unspecified atom stereocenters. The highest BCUT2D eigenvalue weighted by Crippen LogP contribution is 2.23. The van der Waals surface area contributed by atoms with Crippen molar-refractivity contribution in [2.75, 3.05) is 13.1 Å². The molecular weight excluding hydrogens is 227 g/mol. The lowest BCUT2D eigenvalue weighted by Gasteiger charge is -2.48. The van der Waals surface area contributed by atoms with Crippen LogP contribution >= 0.6 is 0 Å². The van der Waals surface area contributed by atoms with Gasteiger partial charge in [0, 0.05) is 36.3 Å². The van der Waals surface area contributed by atoms with Crippen molar-refractivity contribution < 1.29 is 4.39 Å². The molecule has 0 bridgehead atoms. The third-order valence-corrected chi connectivity index (χ3v) is 3.27. The minimum Gasteiger partial charge on any atom is -0.304 e. The van der Waals surface area contributed by atoms with E-state index in [2.05, 4.69) is 37.9 Å². The maximum atomic E-state index is 13.7. The van der Waals surface area contributed by atoms with Gasteiger partial charge in [0.05, 0.1) is 0 Å². The molecular formula is C15H23FN2. The Morgan fingerprint density at radius 1 is 1.11 bits per heavy atom. The maximum Gasteiger partial charge on any atom is 0.127 e. The van der Waals surface area contributed by atoms with E-state index in [9.17, 15) is 4.39 Å². The molecule has 1 aromatic carbocycles. The van der Waals surface area contributed by atoms with Gasteiger partial charge in [0.25, 0.3) is 0 Å². The zero-order valence-corrected chi connectivity index (χ0v) is 11.8. The van der Waals surface area contributed by atoms with E-state index in [1.165, 1.54) is 6.07 Å². The largest absolute Gasteiger partial charge is 0.304 e. The van der Waals surface area contributed by atoms with Gasteiger partial charge in [0.1, 0.15) is 5.82 Å². The van der Waals surface area contributed by atoms with Crippen LogP contribution in [0.5, 0.6) is 0 Å². The van der Waals surface area contributed by atoms with E-state index in [4.69, 9.17) is 0 Å². The van der Waals surface area contributed by atoms with Crippen molar-refractivity contribution >= 4 is 0 Å². The lowest BCUT2D eigenvalue weighted by atomic mass is 9.91. The van der Waals surface area contributed by atoms with Gasteiger partial charge >= 0.3 is 0 Å². The van der Waals surface area contributed by atoms with Gasteiger partial charge in [-0.25, -0.2) is 4.39 Å². The standard InChI is InChI=1S/C15H23FN2/c1-14(2)10-18(11-15(3,4)17-14)9-12-7-5-6-8-13(12)16/h5-8,17H,9-11H2,1-4H3. The molecule has 2 nitrogen and oxygen atoms in total. The van der Waals surface area contributed by atoms with E-state index < -0.39 is 0 Å². The molecule has 100 valence electrons. The minimum atomic E-state index is -0.105. The smallest absolute Gasteiger partial charge is 0.127 e. The second kappa shape index (κ2) is 4.63.